The molecule has 0 bridgehead atoms. The van der Waals surface area contributed by atoms with Gasteiger partial charge in [-0.25, -0.2) is 0 Å². The highest BCUT2D eigenvalue weighted by molar-refractivity contribution is 5.75. The molecule has 0 saturated carbocycles. The first kappa shape index (κ1) is 25.6. The van der Waals surface area contributed by atoms with Gasteiger partial charge in [0.05, 0.1) is 5.69 Å². The summed E-state index contributed by atoms with van der Waals surface area (Å²) in [6, 6.07) is 21.8. The molecule has 0 saturated heterocycles. The summed E-state index contributed by atoms with van der Waals surface area (Å²) >= 11 is 0. The molecule has 1 heterocycles. The molecule has 162 valence electrons. The molecule has 2 aromatic carbocycles. The number of aryl methyl sites for hydroxylation is 1. The summed E-state index contributed by atoms with van der Waals surface area (Å²) in [4.78, 5) is 4.75. The molecule has 3 rings (SSSR count). The monoisotopic (exact) mass is 403 g/mol. The maximum Gasteiger partial charge on any atom is 0.0705 e. The Labute approximate surface area is 185 Å². The molecule has 3 aromatic rings. The average molecular weight is 404 g/mol. The van der Waals surface area contributed by atoms with Crippen LogP contribution in [0.3, 0.4) is 0 Å². The lowest BCUT2D eigenvalue weighted by molar-refractivity contribution is 0.327. The Balaban J connectivity index is 0.00000106. The van der Waals surface area contributed by atoms with Crippen molar-refractivity contribution in [2.24, 2.45) is 5.92 Å². The number of hydrogen-bond acceptors (Lipinski definition) is 1. The van der Waals surface area contributed by atoms with Crippen LogP contribution >= 0.6 is 0 Å². The summed E-state index contributed by atoms with van der Waals surface area (Å²) in [5, 5.41) is 0. The van der Waals surface area contributed by atoms with Crippen molar-refractivity contribution in [3.8, 4) is 22.4 Å². The topological polar surface area (TPSA) is 12.9 Å². The van der Waals surface area contributed by atoms with Gasteiger partial charge in [0.1, 0.15) is 0 Å². The Morgan fingerprint density at radius 1 is 0.833 bits per heavy atom. The van der Waals surface area contributed by atoms with Gasteiger partial charge in [-0.1, -0.05) is 104 Å². The Morgan fingerprint density at radius 2 is 1.47 bits per heavy atom. The van der Waals surface area contributed by atoms with E-state index in [9.17, 15) is 0 Å². The minimum atomic E-state index is 0.122. The van der Waals surface area contributed by atoms with Crippen LogP contribution in [0, 0.1) is 12.8 Å². The summed E-state index contributed by atoms with van der Waals surface area (Å²) in [7, 11) is 0. The maximum absolute atomic E-state index is 4.75. The molecular formula is C29H41N. The second-order valence-corrected chi connectivity index (χ2v) is 7.77. The molecule has 0 radical (unpaired) electrons. The van der Waals surface area contributed by atoms with Gasteiger partial charge in [-0.15, -0.1) is 0 Å². The van der Waals surface area contributed by atoms with Gasteiger partial charge in [0.15, 0.2) is 0 Å². The van der Waals surface area contributed by atoms with Crippen LogP contribution in [0.5, 0.6) is 0 Å². The fraction of sp³-hybridized carbons (Fsp3) is 0.414. The first-order valence-electron chi connectivity index (χ1n) is 11.6. The molecule has 0 aliphatic rings. The van der Waals surface area contributed by atoms with E-state index in [1.807, 2.05) is 33.9 Å². The van der Waals surface area contributed by atoms with Gasteiger partial charge in [-0.3, -0.25) is 4.98 Å². The van der Waals surface area contributed by atoms with Crippen molar-refractivity contribution in [1.29, 1.82) is 0 Å². The lowest BCUT2D eigenvalue weighted by Gasteiger charge is -2.35. The van der Waals surface area contributed by atoms with Crippen LogP contribution in [-0.2, 0) is 5.41 Å². The van der Waals surface area contributed by atoms with Gasteiger partial charge < -0.3 is 0 Å². The molecule has 0 aliphatic carbocycles. The van der Waals surface area contributed by atoms with E-state index in [1.54, 1.807) is 0 Å². The van der Waals surface area contributed by atoms with Crippen LogP contribution in [0.15, 0.2) is 66.9 Å². The van der Waals surface area contributed by atoms with Gasteiger partial charge in [-0.05, 0) is 59.1 Å². The van der Waals surface area contributed by atoms with Crippen LogP contribution in [0.2, 0.25) is 0 Å². The zero-order valence-electron chi connectivity index (χ0n) is 20.6. The molecule has 0 fully saturated rings. The fourth-order valence-electron chi connectivity index (χ4n) is 3.60. The van der Waals surface area contributed by atoms with Crippen LogP contribution < -0.4 is 0 Å². The minimum absolute atomic E-state index is 0.122. The van der Waals surface area contributed by atoms with Crippen molar-refractivity contribution in [2.75, 3.05) is 0 Å². The first-order valence-corrected chi connectivity index (χ1v) is 11.6. The van der Waals surface area contributed by atoms with Crippen molar-refractivity contribution in [3.05, 3.63) is 78.0 Å². The van der Waals surface area contributed by atoms with Gasteiger partial charge >= 0.3 is 0 Å². The van der Waals surface area contributed by atoms with Crippen molar-refractivity contribution in [1.82, 2.24) is 4.98 Å². The van der Waals surface area contributed by atoms with E-state index in [-0.39, 0.29) is 5.41 Å². The highest BCUT2D eigenvalue weighted by Crippen LogP contribution is 2.41. The molecule has 1 unspecified atom stereocenters. The van der Waals surface area contributed by atoms with E-state index in [4.69, 9.17) is 4.98 Å². The zero-order valence-corrected chi connectivity index (χ0v) is 20.6. The van der Waals surface area contributed by atoms with E-state index in [2.05, 4.69) is 95.3 Å². The predicted molar refractivity (Wildman–Crippen MR) is 135 cm³/mol. The molecule has 0 aliphatic heterocycles. The van der Waals surface area contributed by atoms with Gasteiger partial charge in [0.2, 0.25) is 0 Å². The second kappa shape index (κ2) is 12.3. The van der Waals surface area contributed by atoms with Crippen molar-refractivity contribution >= 4 is 0 Å². The molecule has 0 amide bonds. The standard InChI is InChI=1S/C25H29N.2C2H6/c1-6-25(5,18(2)3)23-14-13-21(20-10-8-7-9-11-20)16-22(23)24-15-12-19(4)17-26-24;2*1-2/h7-18H,6H2,1-5H3;2*1-2H3. The largest absolute Gasteiger partial charge is 0.256 e. The Hall–Kier alpha value is -2.41. The van der Waals surface area contributed by atoms with E-state index >= 15 is 0 Å². The van der Waals surface area contributed by atoms with Crippen molar-refractivity contribution in [2.45, 2.75) is 74.1 Å². The quantitative estimate of drug-likeness (QED) is 0.414. The Kier molecular flexibility index (Phi) is 10.5. The molecule has 30 heavy (non-hydrogen) atoms. The number of rotatable bonds is 5. The van der Waals surface area contributed by atoms with E-state index in [0.717, 1.165) is 12.1 Å². The minimum Gasteiger partial charge on any atom is -0.256 e. The number of benzene rings is 2. The molecule has 1 heteroatoms. The van der Waals surface area contributed by atoms with E-state index in [0.29, 0.717) is 5.92 Å². The predicted octanol–water partition coefficient (Wildman–Crippen LogP) is 9.10. The number of pyridine rings is 1. The zero-order chi connectivity index (χ0) is 22.7. The average Bonchev–Trinajstić information content (AvgIpc) is 2.81. The summed E-state index contributed by atoms with van der Waals surface area (Å²) in [5.41, 5.74) is 7.51. The van der Waals surface area contributed by atoms with Crippen molar-refractivity contribution in [3.63, 3.8) is 0 Å². The van der Waals surface area contributed by atoms with Crippen LogP contribution in [0.25, 0.3) is 22.4 Å². The Morgan fingerprint density at radius 3 is 1.97 bits per heavy atom. The summed E-state index contributed by atoms with van der Waals surface area (Å²) in [6.45, 7) is 19.4. The van der Waals surface area contributed by atoms with Crippen LogP contribution in [-0.4, -0.2) is 4.98 Å². The lowest BCUT2D eigenvalue weighted by Crippen LogP contribution is -2.28. The molecule has 0 N–H and O–H groups in total. The third-order valence-corrected chi connectivity index (χ3v) is 5.94. The van der Waals surface area contributed by atoms with Gasteiger partial charge in [-0.2, -0.15) is 0 Å². The Bertz CT molecular complexity index is 863. The molecule has 1 aromatic heterocycles. The summed E-state index contributed by atoms with van der Waals surface area (Å²) in [6.07, 6.45) is 3.07. The van der Waals surface area contributed by atoms with Gasteiger partial charge in [0, 0.05) is 11.8 Å². The maximum atomic E-state index is 4.75. The SMILES string of the molecule is CC.CC.CCC(C)(c1ccc(-c2ccccc2)cc1-c1ccc(C)cn1)C(C)C. The molecule has 1 atom stereocenters. The normalized spacial score (nSPS) is 12.2. The highest BCUT2D eigenvalue weighted by Gasteiger charge is 2.31. The van der Waals surface area contributed by atoms with E-state index in [1.165, 1.54) is 27.8 Å². The first-order chi connectivity index (χ1) is 14.5. The number of hydrogen-bond donors (Lipinski definition) is 0. The fourth-order valence-corrected chi connectivity index (χ4v) is 3.60. The van der Waals surface area contributed by atoms with Gasteiger partial charge in [0.25, 0.3) is 0 Å². The lowest BCUT2D eigenvalue weighted by atomic mass is 9.69. The molecule has 1 nitrogen and oxygen atoms in total. The third kappa shape index (κ3) is 5.81. The summed E-state index contributed by atoms with van der Waals surface area (Å²) in [5.74, 6) is 0.555. The highest BCUT2D eigenvalue weighted by atomic mass is 14.7. The van der Waals surface area contributed by atoms with E-state index < -0.39 is 0 Å². The third-order valence-electron chi connectivity index (χ3n) is 5.94. The van der Waals surface area contributed by atoms with Crippen molar-refractivity contribution < 1.29 is 0 Å². The molecular weight excluding hydrogens is 362 g/mol. The molecule has 0 spiro atoms. The van der Waals surface area contributed by atoms with Crippen LogP contribution in [0.1, 0.15) is 72.9 Å². The van der Waals surface area contributed by atoms with Crippen LogP contribution in [0.4, 0.5) is 0 Å². The number of nitrogens with zero attached hydrogens (tertiary/aromatic N) is 1. The summed E-state index contributed by atoms with van der Waals surface area (Å²) < 4.78 is 0. The second-order valence-electron chi connectivity index (χ2n) is 7.77. The number of aromatic nitrogens is 1. The smallest absolute Gasteiger partial charge is 0.0705 e.